The summed E-state index contributed by atoms with van der Waals surface area (Å²) in [6.07, 6.45) is 1.23. The van der Waals surface area contributed by atoms with Gasteiger partial charge in [-0.2, -0.15) is 5.10 Å². The van der Waals surface area contributed by atoms with Gasteiger partial charge in [-0.1, -0.05) is 0 Å². The maximum atomic E-state index is 13.2. The standard InChI is InChI=1S/C27H32F2N4O4/c1-35-23-15-19(16-24(18-23)36-2)3-6-21-17-25(32-31-21)30-26(34)20-4-7-22(8-5-20)37-14-13-33-11-9-27(28,29)10-12-33/h4-5,7-8,15-18H,3,6,9-14H2,1-2H3,(H2,30,31,32,34). The molecule has 0 saturated carbocycles. The molecule has 2 aromatic carbocycles. The van der Waals surface area contributed by atoms with Crippen LogP contribution in [0.5, 0.6) is 17.2 Å². The van der Waals surface area contributed by atoms with Crippen molar-refractivity contribution < 1.29 is 27.8 Å². The number of anilines is 1. The summed E-state index contributed by atoms with van der Waals surface area (Å²) in [5.74, 6) is -0.297. The first-order chi connectivity index (χ1) is 17.8. The lowest BCUT2D eigenvalue weighted by molar-refractivity contribution is -0.0564. The largest absolute Gasteiger partial charge is 0.497 e. The number of benzene rings is 2. The zero-order valence-corrected chi connectivity index (χ0v) is 21.1. The van der Waals surface area contributed by atoms with E-state index in [0.29, 0.717) is 49.8 Å². The van der Waals surface area contributed by atoms with Gasteiger partial charge >= 0.3 is 0 Å². The number of hydrogen-bond donors (Lipinski definition) is 2. The van der Waals surface area contributed by atoms with Crippen molar-refractivity contribution in [3.05, 3.63) is 65.4 Å². The van der Waals surface area contributed by atoms with Gasteiger partial charge in [0, 0.05) is 55.9 Å². The Morgan fingerprint density at radius 1 is 1.00 bits per heavy atom. The lowest BCUT2D eigenvalue weighted by atomic mass is 10.1. The van der Waals surface area contributed by atoms with Crippen LogP contribution in [0.1, 0.15) is 34.5 Å². The summed E-state index contributed by atoms with van der Waals surface area (Å²) in [5.41, 5.74) is 2.42. The van der Waals surface area contributed by atoms with E-state index in [1.165, 1.54) is 0 Å². The number of aryl methyl sites for hydroxylation is 2. The third kappa shape index (κ3) is 7.66. The topological polar surface area (TPSA) is 88.7 Å². The third-order valence-corrected chi connectivity index (χ3v) is 6.35. The summed E-state index contributed by atoms with van der Waals surface area (Å²) in [4.78, 5) is 14.6. The van der Waals surface area contributed by atoms with Crippen LogP contribution >= 0.6 is 0 Å². The number of aromatic amines is 1. The maximum absolute atomic E-state index is 13.2. The van der Waals surface area contributed by atoms with E-state index in [9.17, 15) is 13.6 Å². The minimum absolute atomic E-state index is 0.105. The van der Waals surface area contributed by atoms with Crippen molar-refractivity contribution in [3.63, 3.8) is 0 Å². The molecule has 1 amide bonds. The zero-order chi connectivity index (χ0) is 26.3. The summed E-state index contributed by atoms with van der Waals surface area (Å²) in [6.45, 7) is 1.74. The fraction of sp³-hybridized carbons (Fsp3) is 0.407. The number of likely N-dealkylation sites (tertiary alicyclic amines) is 1. The molecule has 0 unspecified atom stereocenters. The number of alkyl halides is 2. The number of rotatable bonds is 11. The van der Waals surface area contributed by atoms with E-state index in [1.807, 2.05) is 29.2 Å². The van der Waals surface area contributed by atoms with E-state index in [1.54, 1.807) is 38.5 Å². The molecular weight excluding hydrogens is 482 g/mol. The number of nitrogens with zero attached hydrogens (tertiary/aromatic N) is 2. The van der Waals surface area contributed by atoms with Crippen LogP contribution < -0.4 is 19.5 Å². The minimum Gasteiger partial charge on any atom is -0.497 e. The normalized spacial score (nSPS) is 15.2. The molecule has 8 nitrogen and oxygen atoms in total. The van der Waals surface area contributed by atoms with Gasteiger partial charge in [0.2, 0.25) is 0 Å². The number of ether oxygens (including phenoxy) is 3. The predicted molar refractivity (Wildman–Crippen MR) is 136 cm³/mol. The Balaban J connectivity index is 1.22. The van der Waals surface area contributed by atoms with Crippen LogP contribution in [-0.4, -0.2) is 67.4 Å². The highest BCUT2D eigenvalue weighted by molar-refractivity contribution is 6.03. The Bertz CT molecular complexity index is 1150. The maximum Gasteiger partial charge on any atom is 0.256 e. The molecule has 1 aliphatic heterocycles. The molecule has 1 fully saturated rings. The van der Waals surface area contributed by atoms with Crippen LogP contribution in [0.4, 0.5) is 14.6 Å². The van der Waals surface area contributed by atoms with Gasteiger partial charge < -0.3 is 19.5 Å². The number of hydrogen-bond acceptors (Lipinski definition) is 6. The molecule has 198 valence electrons. The number of amides is 1. The van der Waals surface area contributed by atoms with Crippen LogP contribution in [0, 0.1) is 0 Å². The van der Waals surface area contributed by atoms with E-state index in [4.69, 9.17) is 14.2 Å². The molecule has 1 aliphatic rings. The molecule has 0 spiro atoms. The second-order valence-corrected chi connectivity index (χ2v) is 9.02. The molecule has 0 atom stereocenters. The van der Waals surface area contributed by atoms with Crippen LogP contribution in [0.2, 0.25) is 0 Å². The van der Waals surface area contributed by atoms with E-state index in [2.05, 4.69) is 15.5 Å². The number of aromatic nitrogens is 2. The van der Waals surface area contributed by atoms with Crippen molar-refractivity contribution >= 4 is 11.7 Å². The molecular formula is C27H32F2N4O4. The molecule has 1 saturated heterocycles. The van der Waals surface area contributed by atoms with Crippen molar-refractivity contribution in [2.45, 2.75) is 31.6 Å². The molecule has 1 aromatic heterocycles. The van der Waals surface area contributed by atoms with Gasteiger partial charge in [-0.3, -0.25) is 14.8 Å². The molecule has 0 aliphatic carbocycles. The van der Waals surface area contributed by atoms with E-state index in [-0.39, 0.29) is 18.7 Å². The Kier molecular flexibility index (Phi) is 8.60. The Hall–Kier alpha value is -3.66. The lowest BCUT2D eigenvalue weighted by Gasteiger charge is -2.31. The molecule has 4 rings (SSSR count). The van der Waals surface area contributed by atoms with Crippen molar-refractivity contribution in [1.29, 1.82) is 0 Å². The third-order valence-electron chi connectivity index (χ3n) is 6.35. The smallest absolute Gasteiger partial charge is 0.256 e. The monoisotopic (exact) mass is 514 g/mol. The van der Waals surface area contributed by atoms with Crippen molar-refractivity contribution in [1.82, 2.24) is 15.1 Å². The van der Waals surface area contributed by atoms with Crippen molar-refractivity contribution in [3.8, 4) is 17.2 Å². The number of H-pyrrole nitrogens is 1. The average Bonchev–Trinajstić information content (AvgIpc) is 3.35. The highest BCUT2D eigenvalue weighted by atomic mass is 19.3. The van der Waals surface area contributed by atoms with E-state index < -0.39 is 5.92 Å². The molecule has 0 radical (unpaired) electrons. The number of piperidine rings is 1. The summed E-state index contributed by atoms with van der Waals surface area (Å²) >= 11 is 0. The molecule has 10 heteroatoms. The van der Waals surface area contributed by atoms with Gasteiger partial charge in [-0.15, -0.1) is 0 Å². The fourth-order valence-corrected chi connectivity index (χ4v) is 4.13. The fourth-order valence-electron chi connectivity index (χ4n) is 4.13. The number of halogens is 2. The molecule has 3 aromatic rings. The average molecular weight is 515 g/mol. The Morgan fingerprint density at radius 2 is 1.68 bits per heavy atom. The van der Waals surface area contributed by atoms with Crippen LogP contribution in [0.3, 0.4) is 0 Å². The highest BCUT2D eigenvalue weighted by Crippen LogP contribution is 2.27. The predicted octanol–water partition coefficient (Wildman–Crippen LogP) is 4.57. The summed E-state index contributed by atoms with van der Waals surface area (Å²) in [7, 11) is 3.24. The summed E-state index contributed by atoms with van der Waals surface area (Å²) in [6, 6.07) is 14.4. The Labute approximate surface area is 214 Å². The molecule has 0 bridgehead atoms. The Morgan fingerprint density at radius 3 is 2.32 bits per heavy atom. The lowest BCUT2D eigenvalue weighted by Crippen LogP contribution is -2.41. The van der Waals surface area contributed by atoms with Gasteiger partial charge in [-0.05, 0) is 54.8 Å². The highest BCUT2D eigenvalue weighted by Gasteiger charge is 2.33. The molecule has 2 N–H and O–H groups in total. The second kappa shape index (κ2) is 12.1. The quantitative estimate of drug-likeness (QED) is 0.390. The minimum atomic E-state index is -2.54. The van der Waals surface area contributed by atoms with Crippen molar-refractivity contribution in [2.75, 3.05) is 45.8 Å². The first-order valence-electron chi connectivity index (χ1n) is 12.2. The van der Waals surface area contributed by atoms with Gasteiger partial charge in [0.15, 0.2) is 5.82 Å². The first kappa shape index (κ1) is 26.4. The molecule has 37 heavy (non-hydrogen) atoms. The summed E-state index contributed by atoms with van der Waals surface area (Å²) < 4.78 is 42.8. The second-order valence-electron chi connectivity index (χ2n) is 9.02. The summed E-state index contributed by atoms with van der Waals surface area (Å²) in [5, 5.41) is 9.95. The van der Waals surface area contributed by atoms with Gasteiger partial charge in [0.1, 0.15) is 23.9 Å². The van der Waals surface area contributed by atoms with E-state index >= 15 is 0 Å². The zero-order valence-electron chi connectivity index (χ0n) is 21.1. The molecule has 2 heterocycles. The van der Waals surface area contributed by atoms with Crippen LogP contribution in [-0.2, 0) is 12.8 Å². The first-order valence-corrected chi connectivity index (χ1v) is 12.2. The number of carbonyl (C=O) groups is 1. The number of nitrogens with one attached hydrogen (secondary N) is 2. The van der Waals surface area contributed by atoms with Crippen LogP contribution in [0.25, 0.3) is 0 Å². The number of methoxy groups -OCH3 is 2. The van der Waals surface area contributed by atoms with Gasteiger partial charge in [-0.25, -0.2) is 8.78 Å². The number of carbonyl (C=O) groups excluding carboxylic acids is 1. The van der Waals surface area contributed by atoms with Gasteiger partial charge in [0.05, 0.1) is 14.2 Å². The SMILES string of the molecule is COc1cc(CCc2cc(NC(=O)c3ccc(OCCN4CCC(F)(F)CC4)cc3)n[nH]2)cc(OC)c1. The van der Waals surface area contributed by atoms with Gasteiger partial charge in [0.25, 0.3) is 11.8 Å². The van der Waals surface area contributed by atoms with Crippen molar-refractivity contribution in [2.24, 2.45) is 0 Å². The van der Waals surface area contributed by atoms with Crippen LogP contribution in [0.15, 0.2) is 48.5 Å². The van der Waals surface area contributed by atoms with E-state index in [0.717, 1.165) is 29.2 Å².